The van der Waals surface area contributed by atoms with Crippen molar-refractivity contribution < 1.29 is 9.90 Å². The molecule has 0 spiro atoms. The first-order chi connectivity index (χ1) is 8.66. The lowest BCUT2D eigenvalue weighted by Crippen LogP contribution is -2.23. The van der Waals surface area contributed by atoms with E-state index in [0.29, 0.717) is 11.0 Å². The number of carboxylic acid groups (broad SMARTS) is 1. The van der Waals surface area contributed by atoms with Gasteiger partial charge in [0.05, 0.1) is 22.6 Å². The highest BCUT2D eigenvalue weighted by atomic mass is 16.4. The third kappa shape index (κ3) is 1.62. The number of carboxylic acids is 1. The van der Waals surface area contributed by atoms with Crippen molar-refractivity contribution in [2.45, 2.75) is 12.5 Å². The molecule has 0 aliphatic carbocycles. The first kappa shape index (κ1) is 11.0. The van der Waals surface area contributed by atoms with Gasteiger partial charge in [0, 0.05) is 6.54 Å². The fraction of sp³-hybridized carbons (Fsp3) is 0.333. The molecule has 1 saturated heterocycles. The van der Waals surface area contributed by atoms with Gasteiger partial charge in [-0.2, -0.15) is 0 Å². The van der Waals surface area contributed by atoms with Gasteiger partial charge in [-0.3, -0.25) is 4.57 Å². The molecule has 94 valence electrons. The Balaban J connectivity index is 2.22. The second-order valence-corrected chi connectivity index (χ2v) is 4.48. The normalized spacial score (nSPS) is 19.4. The number of fused-ring (bicyclic) bond motifs is 1. The maximum atomic E-state index is 11.9. The van der Waals surface area contributed by atoms with E-state index in [-0.39, 0.29) is 17.3 Å². The Hall–Kier alpha value is -2.08. The molecule has 1 aliphatic heterocycles. The fourth-order valence-electron chi connectivity index (χ4n) is 2.48. The summed E-state index contributed by atoms with van der Waals surface area (Å²) in [7, 11) is 0. The summed E-state index contributed by atoms with van der Waals surface area (Å²) in [5.41, 5.74) is 1.35. The zero-order chi connectivity index (χ0) is 12.7. The second-order valence-electron chi connectivity index (χ2n) is 4.48. The number of nitrogens with zero attached hydrogens (tertiary/aromatic N) is 1. The van der Waals surface area contributed by atoms with Gasteiger partial charge in [-0.15, -0.1) is 0 Å². The van der Waals surface area contributed by atoms with Crippen LogP contribution in [0.4, 0.5) is 0 Å². The second kappa shape index (κ2) is 3.99. The Morgan fingerprint density at radius 2 is 2.28 bits per heavy atom. The van der Waals surface area contributed by atoms with Crippen LogP contribution in [-0.4, -0.2) is 33.7 Å². The van der Waals surface area contributed by atoms with Crippen LogP contribution in [0.1, 0.15) is 22.8 Å². The van der Waals surface area contributed by atoms with Crippen LogP contribution in [0.25, 0.3) is 11.0 Å². The summed E-state index contributed by atoms with van der Waals surface area (Å²) < 4.78 is 1.65. The van der Waals surface area contributed by atoms with E-state index in [1.165, 1.54) is 6.07 Å². The van der Waals surface area contributed by atoms with Crippen molar-refractivity contribution in [2.75, 3.05) is 13.1 Å². The molecule has 0 radical (unpaired) electrons. The minimum atomic E-state index is -0.985. The van der Waals surface area contributed by atoms with E-state index in [9.17, 15) is 9.59 Å². The van der Waals surface area contributed by atoms with Gasteiger partial charge < -0.3 is 15.4 Å². The number of hydrogen-bond acceptors (Lipinski definition) is 3. The molecule has 1 unspecified atom stereocenters. The van der Waals surface area contributed by atoms with Crippen molar-refractivity contribution in [3.63, 3.8) is 0 Å². The molecule has 1 fully saturated rings. The molecule has 18 heavy (non-hydrogen) atoms. The summed E-state index contributed by atoms with van der Waals surface area (Å²) in [6.07, 6.45) is 0.879. The summed E-state index contributed by atoms with van der Waals surface area (Å²) in [6, 6.07) is 4.78. The SMILES string of the molecule is O=C(O)c1ccc2[nH]c(=O)n(C3CCNC3)c2c1. The number of hydrogen-bond donors (Lipinski definition) is 3. The van der Waals surface area contributed by atoms with Crippen molar-refractivity contribution in [3.8, 4) is 0 Å². The van der Waals surface area contributed by atoms with Crippen LogP contribution in [-0.2, 0) is 0 Å². The first-order valence-electron chi connectivity index (χ1n) is 5.85. The summed E-state index contributed by atoms with van der Waals surface area (Å²) in [4.78, 5) is 25.7. The van der Waals surface area contributed by atoms with E-state index in [2.05, 4.69) is 10.3 Å². The quantitative estimate of drug-likeness (QED) is 0.723. The maximum absolute atomic E-state index is 11.9. The Bertz CT molecular complexity index is 665. The molecule has 2 aromatic rings. The molecule has 0 amide bonds. The molecule has 1 aromatic heterocycles. The van der Waals surface area contributed by atoms with E-state index < -0.39 is 5.97 Å². The van der Waals surface area contributed by atoms with E-state index in [4.69, 9.17) is 5.11 Å². The number of aromatic amines is 1. The third-order valence-electron chi connectivity index (χ3n) is 3.36. The van der Waals surface area contributed by atoms with Gasteiger partial charge in [0.1, 0.15) is 0 Å². The molecular formula is C12H13N3O3. The van der Waals surface area contributed by atoms with Crippen molar-refractivity contribution in [2.24, 2.45) is 0 Å². The molecule has 3 N–H and O–H groups in total. The third-order valence-corrected chi connectivity index (χ3v) is 3.36. The number of aromatic nitrogens is 2. The molecule has 1 aliphatic rings. The minimum absolute atomic E-state index is 0.0929. The number of carbonyl (C=O) groups is 1. The summed E-state index contributed by atoms with van der Waals surface area (Å²) in [6.45, 7) is 1.62. The van der Waals surface area contributed by atoms with Crippen LogP contribution < -0.4 is 11.0 Å². The highest BCUT2D eigenvalue weighted by Crippen LogP contribution is 2.20. The standard InChI is InChI=1S/C12H13N3O3/c16-11(17)7-1-2-9-10(5-7)15(12(18)14-9)8-3-4-13-6-8/h1-2,5,8,13H,3-4,6H2,(H,14,18)(H,16,17). The predicted molar refractivity (Wildman–Crippen MR) is 66.0 cm³/mol. The highest BCUT2D eigenvalue weighted by Gasteiger charge is 2.21. The van der Waals surface area contributed by atoms with Crippen molar-refractivity contribution >= 4 is 17.0 Å². The van der Waals surface area contributed by atoms with Gasteiger partial charge in [-0.1, -0.05) is 0 Å². The van der Waals surface area contributed by atoms with Crippen LogP contribution in [0.2, 0.25) is 0 Å². The van der Waals surface area contributed by atoms with Crippen LogP contribution in [0.3, 0.4) is 0 Å². The van der Waals surface area contributed by atoms with E-state index in [1.807, 2.05) is 0 Å². The van der Waals surface area contributed by atoms with Crippen LogP contribution in [0, 0.1) is 0 Å². The molecule has 1 aromatic carbocycles. The lowest BCUT2D eigenvalue weighted by atomic mass is 10.2. The Morgan fingerprint density at radius 1 is 1.44 bits per heavy atom. The number of rotatable bonds is 2. The Kier molecular flexibility index (Phi) is 2.45. The summed E-state index contributed by atoms with van der Waals surface area (Å²) in [5.74, 6) is -0.985. The largest absolute Gasteiger partial charge is 0.478 e. The Morgan fingerprint density at radius 3 is 2.94 bits per heavy atom. The van der Waals surface area contributed by atoms with Gasteiger partial charge in [-0.05, 0) is 31.2 Å². The zero-order valence-electron chi connectivity index (χ0n) is 9.64. The smallest absolute Gasteiger partial charge is 0.335 e. The van der Waals surface area contributed by atoms with Crippen LogP contribution in [0.5, 0.6) is 0 Å². The monoisotopic (exact) mass is 247 g/mol. The average molecular weight is 247 g/mol. The van der Waals surface area contributed by atoms with Gasteiger partial charge in [0.25, 0.3) is 0 Å². The van der Waals surface area contributed by atoms with E-state index in [1.54, 1.807) is 16.7 Å². The van der Waals surface area contributed by atoms with E-state index >= 15 is 0 Å². The van der Waals surface area contributed by atoms with E-state index in [0.717, 1.165) is 19.5 Å². The molecule has 0 bridgehead atoms. The number of H-pyrrole nitrogens is 1. The van der Waals surface area contributed by atoms with Crippen LogP contribution in [0.15, 0.2) is 23.0 Å². The van der Waals surface area contributed by atoms with Gasteiger partial charge in [0.2, 0.25) is 0 Å². The average Bonchev–Trinajstić information content (AvgIpc) is 2.93. The lowest BCUT2D eigenvalue weighted by molar-refractivity contribution is 0.0697. The molecule has 6 heteroatoms. The molecule has 2 heterocycles. The first-order valence-corrected chi connectivity index (χ1v) is 5.85. The van der Waals surface area contributed by atoms with Crippen molar-refractivity contribution in [1.82, 2.24) is 14.9 Å². The zero-order valence-corrected chi connectivity index (χ0v) is 9.64. The Labute approximate surface area is 102 Å². The summed E-state index contributed by atoms with van der Waals surface area (Å²) in [5, 5.41) is 12.2. The number of benzene rings is 1. The van der Waals surface area contributed by atoms with Gasteiger partial charge in [0.15, 0.2) is 0 Å². The molecule has 3 rings (SSSR count). The molecule has 0 saturated carbocycles. The number of nitrogens with one attached hydrogen (secondary N) is 2. The summed E-state index contributed by atoms with van der Waals surface area (Å²) >= 11 is 0. The molecule has 1 atom stereocenters. The van der Waals surface area contributed by atoms with Gasteiger partial charge in [-0.25, -0.2) is 9.59 Å². The van der Waals surface area contributed by atoms with Gasteiger partial charge >= 0.3 is 11.7 Å². The minimum Gasteiger partial charge on any atom is -0.478 e. The van der Waals surface area contributed by atoms with Crippen molar-refractivity contribution in [1.29, 1.82) is 0 Å². The highest BCUT2D eigenvalue weighted by molar-refractivity contribution is 5.92. The van der Waals surface area contributed by atoms with Crippen molar-refractivity contribution in [3.05, 3.63) is 34.2 Å². The van der Waals surface area contributed by atoms with Crippen LogP contribution >= 0.6 is 0 Å². The number of aromatic carboxylic acids is 1. The molecular weight excluding hydrogens is 234 g/mol. The molecule has 6 nitrogen and oxygen atoms in total. The topological polar surface area (TPSA) is 87.1 Å². The predicted octanol–water partition coefficient (Wildman–Crippen LogP) is 0.562. The maximum Gasteiger partial charge on any atom is 0.335 e. The fourth-order valence-corrected chi connectivity index (χ4v) is 2.48. The lowest BCUT2D eigenvalue weighted by Gasteiger charge is -2.10. The number of imidazole rings is 1.